The highest BCUT2D eigenvalue weighted by molar-refractivity contribution is 9.10. The molecule has 11 heteroatoms. The van der Waals surface area contributed by atoms with Gasteiger partial charge in [-0.05, 0) is 48.7 Å². The van der Waals surface area contributed by atoms with Crippen molar-refractivity contribution < 1.29 is 19.1 Å². The normalized spacial score (nSPS) is 19.1. The van der Waals surface area contributed by atoms with Gasteiger partial charge in [0, 0.05) is 31.9 Å². The summed E-state index contributed by atoms with van der Waals surface area (Å²) in [6.45, 7) is 1.65. The second-order valence-corrected chi connectivity index (χ2v) is 13.7. The van der Waals surface area contributed by atoms with E-state index in [0.29, 0.717) is 32.6 Å². The van der Waals surface area contributed by atoms with E-state index in [0.717, 1.165) is 32.1 Å². The Kier molecular flexibility index (Phi) is 7.39. The predicted molar refractivity (Wildman–Crippen MR) is 176 cm³/mol. The number of aryl methyl sites for hydroxylation is 1. The molecule has 0 saturated carbocycles. The maximum absolute atomic E-state index is 14.1. The Morgan fingerprint density at radius 2 is 1.75 bits per heavy atom. The minimum absolute atomic E-state index is 0.269. The lowest BCUT2D eigenvalue weighted by molar-refractivity contribution is -0.122. The summed E-state index contributed by atoms with van der Waals surface area (Å²) >= 11 is 5.78. The number of benzene rings is 4. The standard InChI is InChI=1S/C33H24BrN3O5S2/c1-17-9-12-20(13-10-17)37-31(39)27-26(28-30(36-33(41)44-28)43-29(27)32(37)40)22-15-19(34)11-14-24(22)42-16-25(38)35-23-8-4-6-18-5-2-3-7-21(18)23/h2-15,26-27,29H,16H2,1H3,(H,35,38)(H,36,41)/t26-,27?,29?/m1/s1. The largest absolute Gasteiger partial charge is 0.483 e. The fourth-order valence-corrected chi connectivity index (χ4v) is 8.74. The molecule has 44 heavy (non-hydrogen) atoms. The van der Waals surface area contributed by atoms with Gasteiger partial charge in [0.15, 0.2) is 6.61 Å². The van der Waals surface area contributed by atoms with E-state index in [1.54, 1.807) is 24.3 Å². The number of thiazole rings is 1. The maximum atomic E-state index is 14.1. The highest BCUT2D eigenvalue weighted by Gasteiger charge is 2.56. The molecule has 0 bridgehead atoms. The summed E-state index contributed by atoms with van der Waals surface area (Å²) in [5.74, 6) is -2.07. The summed E-state index contributed by atoms with van der Waals surface area (Å²) in [6, 6.07) is 26.1. The zero-order valence-corrected chi connectivity index (χ0v) is 26.4. The van der Waals surface area contributed by atoms with Crippen LogP contribution in [0.25, 0.3) is 10.8 Å². The Morgan fingerprint density at radius 3 is 2.57 bits per heavy atom. The highest BCUT2D eigenvalue weighted by atomic mass is 79.9. The molecule has 2 aliphatic heterocycles. The van der Waals surface area contributed by atoms with Crippen molar-refractivity contribution in [1.29, 1.82) is 0 Å². The Hall–Kier alpha value is -4.19. The fraction of sp³-hybridized carbons (Fsp3) is 0.152. The van der Waals surface area contributed by atoms with E-state index in [4.69, 9.17) is 4.74 Å². The van der Waals surface area contributed by atoms with Gasteiger partial charge in [0.1, 0.15) is 11.0 Å². The van der Waals surface area contributed by atoms with Gasteiger partial charge in [-0.3, -0.25) is 19.2 Å². The van der Waals surface area contributed by atoms with Crippen LogP contribution in [0.3, 0.4) is 0 Å². The van der Waals surface area contributed by atoms with E-state index in [1.165, 1.54) is 16.7 Å². The first kappa shape index (κ1) is 28.6. The summed E-state index contributed by atoms with van der Waals surface area (Å²) in [7, 11) is 0. The Morgan fingerprint density at radius 1 is 0.977 bits per heavy atom. The number of ether oxygens (including phenoxy) is 1. The summed E-state index contributed by atoms with van der Waals surface area (Å²) in [4.78, 5) is 58.0. The van der Waals surface area contributed by atoms with Crippen LogP contribution in [0.1, 0.15) is 21.9 Å². The topological polar surface area (TPSA) is 109 Å². The number of hydrogen-bond donors (Lipinski definition) is 2. The van der Waals surface area contributed by atoms with Gasteiger partial charge in [0.2, 0.25) is 11.8 Å². The summed E-state index contributed by atoms with van der Waals surface area (Å²) < 4.78 is 6.84. The molecule has 8 nitrogen and oxygen atoms in total. The van der Waals surface area contributed by atoms with Gasteiger partial charge in [-0.1, -0.05) is 93.1 Å². The molecule has 7 rings (SSSR count). The minimum Gasteiger partial charge on any atom is -0.483 e. The first-order valence-corrected chi connectivity index (χ1v) is 16.3. The molecule has 1 fully saturated rings. The molecule has 220 valence electrons. The highest BCUT2D eigenvalue weighted by Crippen LogP contribution is 2.54. The van der Waals surface area contributed by atoms with Gasteiger partial charge in [-0.25, -0.2) is 4.90 Å². The molecule has 5 aromatic rings. The third kappa shape index (κ3) is 5.04. The van der Waals surface area contributed by atoms with Crippen LogP contribution in [0.15, 0.2) is 99.2 Å². The number of carbonyl (C=O) groups excluding carboxylic acids is 3. The zero-order chi connectivity index (χ0) is 30.5. The molecule has 4 aromatic carbocycles. The van der Waals surface area contributed by atoms with Gasteiger partial charge in [0.25, 0.3) is 5.91 Å². The van der Waals surface area contributed by atoms with Crippen molar-refractivity contribution in [3.05, 3.63) is 115 Å². The second kappa shape index (κ2) is 11.4. The zero-order valence-electron chi connectivity index (χ0n) is 23.2. The number of rotatable bonds is 6. The van der Waals surface area contributed by atoms with E-state index in [1.807, 2.05) is 67.6 Å². The second-order valence-electron chi connectivity index (χ2n) is 10.6. The summed E-state index contributed by atoms with van der Waals surface area (Å²) in [6.07, 6.45) is 0. The summed E-state index contributed by atoms with van der Waals surface area (Å²) in [5, 5.41) is 4.68. The van der Waals surface area contributed by atoms with Crippen molar-refractivity contribution in [2.45, 2.75) is 23.1 Å². The lowest BCUT2D eigenvalue weighted by Gasteiger charge is -2.31. The number of aromatic nitrogens is 1. The Labute approximate surface area is 268 Å². The number of carbonyl (C=O) groups is 3. The number of nitrogens with one attached hydrogen (secondary N) is 2. The van der Waals surface area contributed by atoms with Crippen molar-refractivity contribution in [1.82, 2.24) is 4.98 Å². The third-order valence-electron chi connectivity index (χ3n) is 7.85. The van der Waals surface area contributed by atoms with Crippen LogP contribution in [-0.2, 0) is 14.4 Å². The van der Waals surface area contributed by atoms with Crippen LogP contribution in [0, 0.1) is 12.8 Å². The smallest absolute Gasteiger partial charge is 0.305 e. The fourth-order valence-electron chi connectivity index (χ4n) is 5.86. The van der Waals surface area contributed by atoms with Gasteiger partial charge < -0.3 is 15.0 Å². The minimum atomic E-state index is -0.783. The van der Waals surface area contributed by atoms with E-state index in [9.17, 15) is 19.2 Å². The lowest BCUT2D eigenvalue weighted by atomic mass is 9.82. The average molecular weight is 687 g/mol. The molecule has 0 spiro atoms. The lowest BCUT2D eigenvalue weighted by Crippen LogP contribution is -2.32. The van der Waals surface area contributed by atoms with Crippen LogP contribution in [0.2, 0.25) is 0 Å². The molecule has 3 amide bonds. The van der Waals surface area contributed by atoms with Crippen LogP contribution < -0.4 is 19.8 Å². The molecule has 3 atom stereocenters. The van der Waals surface area contributed by atoms with Crippen molar-refractivity contribution in [3.8, 4) is 5.75 Å². The molecular weight excluding hydrogens is 662 g/mol. The molecule has 1 saturated heterocycles. The van der Waals surface area contributed by atoms with Gasteiger partial charge in [-0.15, -0.1) is 0 Å². The number of anilines is 2. The van der Waals surface area contributed by atoms with Crippen LogP contribution >= 0.6 is 39.0 Å². The van der Waals surface area contributed by atoms with E-state index < -0.39 is 17.1 Å². The van der Waals surface area contributed by atoms with Gasteiger partial charge >= 0.3 is 4.87 Å². The predicted octanol–water partition coefficient (Wildman–Crippen LogP) is 6.47. The number of H-pyrrole nitrogens is 1. The number of halogens is 1. The number of aromatic amines is 1. The molecule has 1 aromatic heterocycles. The van der Waals surface area contributed by atoms with Crippen molar-refractivity contribution in [2.75, 3.05) is 16.8 Å². The average Bonchev–Trinajstić information content (AvgIpc) is 3.51. The quantitative estimate of drug-likeness (QED) is 0.198. The number of fused-ring (bicyclic) bond motifs is 3. The molecule has 2 aliphatic rings. The number of nitrogens with zero attached hydrogens (tertiary/aromatic N) is 1. The molecule has 0 aliphatic carbocycles. The molecule has 2 unspecified atom stereocenters. The van der Waals surface area contributed by atoms with Crippen molar-refractivity contribution >= 4 is 78.9 Å². The molecule has 2 N–H and O–H groups in total. The number of imide groups is 1. The number of hydrogen-bond acceptors (Lipinski definition) is 7. The van der Waals surface area contributed by atoms with Gasteiger partial charge in [-0.2, -0.15) is 0 Å². The van der Waals surface area contributed by atoms with E-state index in [-0.39, 0.29) is 29.2 Å². The van der Waals surface area contributed by atoms with Crippen molar-refractivity contribution in [2.24, 2.45) is 5.92 Å². The first-order valence-electron chi connectivity index (χ1n) is 13.8. The number of thioether (sulfide) groups is 1. The van der Waals surface area contributed by atoms with Crippen LogP contribution in [0.4, 0.5) is 11.4 Å². The van der Waals surface area contributed by atoms with Crippen LogP contribution in [-0.4, -0.2) is 34.6 Å². The maximum Gasteiger partial charge on any atom is 0.305 e. The van der Waals surface area contributed by atoms with E-state index >= 15 is 0 Å². The number of amides is 3. The first-order chi connectivity index (χ1) is 21.3. The Bertz CT molecular complexity index is 2020. The SMILES string of the molecule is Cc1ccc(N2C(=O)C3Sc4[nH]c(=O)sc4[C@H](c4cc(Br)ccc4OCC(=O)Nc4cccc5ccccc45)C3C2=O)cc1. The monoisotopic (exact) mass is 685 g/mol. The van der Waals surface area contributed by atoms with Gasteiger partial charge in [0.05, 0.1) is 16.6 Å². The summed E-state index contributed by atoms with van der Waals surface area (Å²) in [5.41, 5.74) is 2.80. The molecule has 3 heterocycles. The third-order valence-corrected chi connectivity index (χ3v) is 10.7. The Balaban J connectivity index is 1.23. The van der Waals surface area contributed by atoms with Crippen molar-refractivity contribution in [3.63, 3.8) is 0 Å². The molecule has 0 radical (unpaired) electrons. The van der Waals surface area contributed by atoms with Crippen LogP contribution in [0.5, 0.6) is 5.75 Å². The molecular formula is C33H24BrN3O5S2. The van der Waals surface area contributed by atoms with E-state index in [2.05, 4.69) is 26.2 Å².